The van der Waals surface area contributed by atoms with Gasteiger partial charge < -0.3 is 14.9 Å². The summed E-state index contributed by atoms with van der Waals surface area (Å²) in [5.74, 6) is -3.14. The lowest BCUT2D eigenvalue weighted by Gasteiger charge is -2.15. The maximum Gasteiger partial charge on any atom is 0.322 e. The Labute approximate surface area is 125 Å². The second-order valence-corrected chi connectivity index (χ2v) is 6.02. The zero-order valence-corrected chi connectivity index (χ0v) is 12.3. The third kappa shape index (κ3) is 4.59. The summed E-state index contributed by atoms with van der Waals surface area (Å²) in [6, 6.07) is 1.85. The van der Waals surface area contributed by atoms with E-state index in [2.05, 4.69) is 0 Å². The molecule has 1 aromatic carbocycles. The molecule has 1 atom stereocenters. The van der Waals surface area contributed by atoms with Crippen molar-refractivity contribution >= 4 is 33.6 Å². The average molecular weight is 338 g/mol. The second-order valence-electron chi connectivity index (χ2n) is 3.91. The van der Waals surface area contributed by atoms with E-state index in [4.69, 9.17) is 26.6 Å². The number of ether oxygens (including phenoxy) is 1. The van der Waals surface area contributed by atoms with Crippen LogP contribution in [0.1, 0.15) is 6.42 Å². The van der Waals surface area contributed by atoms with Gasteiger partial charge in [-0.25, -0.2) is 8.42 Å². The van der Waals surface area contributed by atoms with Crippen LogP contribution >= 0.6 is 11.6 Å². The maximum atomic E-state index is 12.1. The zero-order valence-electron chi connectivity index (χ0n) is 10.7. The Bertz CT molecular complexity index is 659. The van der Waals surface area contributed by atoms with Crippen molar-refractivity contribution in [3.05, 3.63) is 23.2 Å². The predicted octanol–water partition coefficient (Wildman–Crippen LogP) is 0.555. The van der Waals surface area contributed by atoms with Crippen molar-refractivity contribution in [2.75, 3.05) is 7.11 Å². The minimum absolute atomic E-state index is 0.0885. The lowest BCUT2D eigenvalue weighted by Crippen LogP contribution is -2.42. The van der Waals surface area contributed by atoms with Gasteiger partial charge in [-0.1, -0.05) is 11.6 Å². The Morgan fingerprint density at radius 3 is 2.48 bits per heavy atom. The van der Waals surface area contributed by atoms with Crippen LogP contribution in [0.3, 0.4) is 0 Å². The third-order valence-corrected chi connectivity index (χ3v) is 4.14. The van der Waals surface area contributed by atoms with Gasteiger partial charge in [0.05, 0.1) is 13.5 Å². The summed E-state index contributed by atoms with van der Waals surface area (Å²) in [6.07, 6.45) is -0.898. The number of halogens is 1. The van der Waals surface area contributed by atoms with E-state index in [-0.39, 0.29) is 15.7 Å². The van der Waals surface area contributed by atoms with Crippen LogP contribution in [0, 0.1) is 0 Å². The molecule has 0 aliphatic carbocycles. The fourth-order valence-electron chi connectivity index (χ4n) is 1.47. The van der Waals surface area contributed by atoms with Crippen LogP contribution in [0.5, 0.6) is 5.75 Å². The Morgan fingerprint density at radius 2 is 2.00 bits per heavy atom. The Hall–Kier alpha value is -1.84. The fourth-order valence-corrected chi connectivity index (χ4v) is 2.97. The predicted molar refractivity (Wildman–Crippen MR) is 72.0 cm³/mol. The molecule has 0 aliphatic rings. The van der Waals surface area contributed by atoms with E-state index in [1.54, 1.807) is 4.72 Å². The molecule has 0 aliphatic heterocycles. The largest absolute Gasteiger partial charge is 0.495 e. The summed E-state index contributed by atoms with van der Waals surface area (Å²) >= 11 is 5.70. The molecule has 3 N–H and O–H groups in total. The quantitative estimate of drug-likeness (QED) is 0.662. The lowest BCUT2D eigenvalue weighted by molar-refractivity contribution is -0.145. The molecule has 10 heteroatoms. The molecule has 116 valence electrons. The molecule has 0 unspecified atom stereocenters. The highest BCUT2D eigenvalue weighted by atomic mass is 35.5. The zero-order chi connectivity index (χ0) is 16.2. The van der Waals surface area contributed by atoms with Crippen LogP contribution in [0.2, 0.25) is 5.02 Å². The first-order chi connectivity index (χ1) is 9.67. The van der Waals surface area contributed by atoms with Gasteiger partial charge >= 0.3 is 11.9 Å². The van der Waals surface area contributed by atoms with Crippen molar-refractivity contribution < 1.29 is 33.0 Å². The highest BCUT2D eigenvalue weighted by Crippen LogP contribution is 2.27. The van der Waals surface area contributed by atoms with Crippen LogP contribution < -0.4 is 9.46 Å². The van der Waals surface area contributed by atoms with Crippen molar-refractivity contribution in [1.82, 2.24) is 4.72 Å². The monoisotopic (exact) mass is 337 g/mol. The van der Waals surface area contributed by atoms with Crippen molar-refractivity contribution in [2.24, 2.45) is 0 Å². The van der Waals surface area contributed by atoms with Gasteiger partial charge in [0.2, 0.25) is 10.0 Å². The van der Waals surface area contributed by atoms with Crippen LogP contribution in [0.25, 0.3) is 0 Å². The number of methoxy groups -OCH3 is 1. The summed E-state index contributed by atoms with van der Waals surface area (Å²) < 4.78 is 30.9. The Kier molecular flexibility index (Phi) is 5.53. The second kappa shape index (κ2) is 6.74. The van der Waals surface area contributed by atoms with Crippen molar-refractivity contribution in [2.45, 2.75) is 17.4 Å². The highest BCUT2D eigenvalue weighted by Gasteiger charge is 2.29. The van der Waals surface area contributed by atoms with Gasteiger partial charge in [-0.3, -0.25) is 9.59 Å². The van der Waals surface area contributed by atoms with Gasteiger partial charge in [0.25, 0.3) is 0 Å². The molecule has 0 saturated carbocycles. The summed E-state index contributed by atoms with van der Waals surface area (Å²) in [5, 5.41) is 17.7. The highest BCUT2D eigenvalue weighted by molar-refractivity contribution is 7.89. The SMILES string of the molecule is COc1cc(Cl)ccc1S(=O)(=O)N[C@@H](CC(=O)O)C(=O)O. The first-order valence-corrected chi connectivity index (χ1v) is 7.34. The molecule has 0 aromatic heterocycles. The summed E-state index contributed by atoms with van der Waals surface area (Å²) in [5.41, 5.74) is 0. The van der Waals surface area contributed by atoms with Crippen LogP contribution in [-0.4, -0.2) is 43.7 Å². The number of hydrogen-bond donors (Lipinski definition) is 3. The van der Waals surface area contributed by atoms with Gasteiger partial charge in [-0.05, 0) is 12.1 Å². The van der Waals surface area contributed by atoms with E-state index >= 15 is 0 Å². The number of aliphatic carboxylic acids is 2. The van der Waals surface area contributed by atoms with E-state index in [1.165, 1.54) is 19.2 Å². The van der Waals surface area contributed by atoms with E-state index < -0.39 is 34.4 Å². The number of hydrogen-bond acceptors (Lipinski definition) is 5. The molecular weight excluding hydrogens is 326 g/mol. The van der Waals surface area contributed by atoms with Gasteiger partial charge in [0.1, 0.15) is 16.7 Å². The minimum atomic E-state index is -4.29. The first-order valence-electron chi connectivity index (χ1n) is 5.48. The van der Waals surface area contributed by atoms with Crippen molar-refractivity contribution in [1.29, 1.82) is 0 Å². The van der Waals surface area contributed by atoms with Gasteiger partial charge in [0, 0.05) is 11.1 Å². The van der Waals surface area contributed by atoms with Crippen molar-refractivity contribution in [3.63, 3.8) is 0 Å². The molecule has 21 heavy (non-hydrogen) atoms. The van der Waals surface area contributed by atoms with E-state index in [0.717, 1.165) is 6.07 Å². The molecule has 0 heterocycles. The van der Waals surface area contributed by atoms with Crippen LogP contribution in [0.15, 0.2) is 23.1 Å². The number of carboxylic acids is 2. The van der Waals surface area contributed by atoms with Crippen molar-refractivity contribution in [3.8, 4) is 5.75 Å². The minimum Gasteiger partial charge on any atom is -0.495 e. The molecule has 8 nitrogen and oxygen atoms in total. The molecule has 0 spiro atoms. The molecule has 1 aromatic rings. The Balaban J connectivity index is 3.16. The van der Waals surface area contributed by atoms with E-state index in [0.29, 0.717) is 0 Å². The van der Waals surface area contributed by atoms with Crippen LogP contribution in [-0.2, 0) is 19.6 Å². The van der Waals surface area contributed by atoms with Crippen LogP contribution in [0.4, 0.5) is 0 Å². The number of benzene rings is 1. The molecule has 0 bridgehead atoms. The number of nitrogens with one attached hydrogen (secondary N) is 1. The number of carbonyl (C=O) groups is 2. The third-order valence-electron chi connectivity index (χ3n) is 2.39. The topological polar surface area (TPSA) is 130 Å². The summed E-state index contributed by atoms with van der Waals surface area (Å²) in [4.78, 5) is 21.1. The number of sulfonamides is 1. The molecule has 0 fully saturated rings. The van der Waals surface area contributed by atoms with E-state index in [9.17, 15) is 18.0 Å². The smallest absolute Gasteiger partial charge is 0.322 e. The maximum absolute atomic E-state index is 12.1. The molecule has 0 saturated heterocycles. The van der Waals surface area contributed by atoms with Gasteiger partial charge in [-0.15, -0.1) is 0 Å². The lowest BCUT2D eigenvalue weighted by atomic mass is 10.2. The summed E-state index contributed by atoms with van der Waals surface area (Å²) in [6.45, 7) is 0. The standard InChI is InChI=1S/C11H12ClNO7S/c1-20-8-4-6(12)2-3-9(8)21(18,19)13-7(11(16)17)5-10(14)15/h2-4,7,13H,5H2,1H3,(H,14,15)(H,16,17)/t7-/m0/s1. The Morgan fingerprint density at radius 1 is 1.38 bits per heavy atom. The summed E-state index contributed by atoms with van der Waals surface area (Å²) in [7, 11) is -3.07. The van der Waals surface area contributed by atoms with E-state index in [1.807, 2.05) is 0 Å². The molecule has 1 rings (SSSR count). The fraction of sp³-hybridized carbons (Fsp3) is 0.273. The normalized spacial score (nSPS) is 12.7. The van der Waals surface area contributed by atoms with Gasteiger partial charge in [0.15, 0.2) is 0 Å². The van der Waals surface area contributed by atoms with Gasteiger partial charge in [-0.2, -0.15) is 4.72 Å². The number of rotatable bonds is 7. The molecule has 0 radical (unpaired) electrons. The number of carboxylic acid groups (broad SMARTS) is 2. The molecular formula is C11H12ClNO7S. The molecule has 0 amide bonds. The first kappa shape index (κ1) is 17.2. The average Bonchev–Trinajstić information content (AvgIpc) is 2.36.